The second-order valence-electron chi connectivity index (χ2n) is 4.87. The molecule has 1 aromatic rings. The monoisotopic (exact) mass is 247 g/mol. The van der Waals surface area contributed by atoms with Crippen molar-refractivity contribution >= 4 is 11.7 Å². The number of rotatable bonds is 7. The van der Waals surface area contributed by atoms with Gasteiger partial charge in [0.25, 0.3) is 0 Å². The maximum absolute atomic E-state index is 11.9. The SMILES string of the molecule is CC(C)c1ccc(C(=O)CCCCC(N)=O)cc1. The number of primary amides is 1. The Morgan fingerprint density at radius 1 is 1.06 bits per heavy atom. The van der Waals surface area contributed by atoms with Crippen molar-refractivity contribution in [2.24, 2.45) is 5.73 Å². The largest absolute Gasteiger partial charge is 0.370 e. The Bertz CT molecular complexity index is 407. The summed E-state index contributed by atoms with van der Waals surface area (Å²) in [7, 11) is 0. The summed E-state index contributed by atoms with van der Waals surface area (Å²) in [5.41, 5.74) is 7.03. The summed E-state index contributed by atoms with van der Waals surface area (Å²) in [5, 5.41) is 0. The van der Waals surface area contributed by atoms with Gasteiger partial charge in [-0.3, -0.25) is 9.59 Å². The number of ketones is 1. The van der Waals surface area contributed by atoms with Gasteiger partial charge >= 0.3 is 0 Å². The number of nitrogens with two attached hydrogens (primary N) is 1. The van der Waals surface area contributed by atoms with Gasteiger partial charge in [-0.05, 0) is 24.3 Å². The van der Waals surface area contributed by atoms with Crippen LogP contribution in [-0.4, -0.2) is 11.7 Å². The summed E-state index contributed by atoms with van der Waals surface area (Å²) in [6.07, 6.45) is 2.24. The van der Waals surface area contributed by atoms with Gasteiger partial charge in [0.05, 0.1) is 0 Å². The molecule has 0 aliphatic carbocycles. The molecule has 0 aromatic heterocycles. The first-order chi connectivity index (χ1) is 8.50. The average Bonchev–Trinajstić information content (AvgIpc) is 2.34. The molecular formula is C15H21NO2. The van der Waals surface area contributed by atoms with Gasteiger partial charge in [0.1, 0.15) is 0 Å². The van der Waals surface area contributed by atoms with Gasteiger partial charge in [0.15, 0.2) is 5.78 Å². The molecule has 0 saturated heterocycles. The van der Waals surface area contributed by atoms with Gasteiger partial charge < -0.3 is 5.73 Å². The van der Waals surface area contributed by atoms with Crippen LogP contribution in [0.4, 0.5) is 0 Å². The maximum atomic E-state index is 11.9. The van der Waals surface area contributed by atoms with E-state index in [1.165, 1.54) is 5.56 Å². The van der Waals surface area contributed by atoms with Crippen LogP contribution in [0.5, 0.6) is 0 Å². The van der Waals surface area contributed by atoms with Crippen LogP contribution in [0.3, 0.4) is 0 Å². The van der Waals surface area contributed by atoms with Crippen molar-refractivity contribution in [3.05, 3.63) is 35.4 Å². The number of unbranched alkanes of at least 4 members (excludes halogenated alkanes) is 1. The number of Topliss-reactive ketones (excluding diaryl/α,β-unsaturated/α-hetero) is 1. The molecule has 3 nitrogen and oxygen atoms in total. The Labute approximate surface area is 108 Å². The Balaban J connectivity index is 2.44. The Kier molecular flexibility index (Phi) is 5.56. The third-order valence-corrected chi connectivity index (χ3v) is 2.98. The van der Waals surface area contributed by atoms with E-state index in [0.29, 0.717) is 31.6 Å². The lowest BCUT2D eigenvalue weighted by Gasteiger charge is -2.06. The van der Waals surface area contributed by atoms with Crippen LogP contribution in [0.25, 0.3) is 0 Å². The number of carbonyl (C=O) groups is 2. The zero-order valence-electron chi connectivity index (χ0n) is 11.1. The number of amides is 1. The third-order valence-electron chi connectivity index (χ3n) is 2.98. The van der Waals surface area contributed by atoms with Crippen molar-refractivity contribution < 1.29 is 9.59 Å². The maximum Gasteiger partial charge on any atom is 0.217 e. The molecule has 18 heavy (non-hydrogen) atoms. The van der Waals surface area contributed by atoms with Gasteiger partial charge in [-0.15, -0.1) is 0 Å². The van der Waals surface area contributed by atoms with Crippen molar-refractivity contribution in [2.45, 2.75) is 45.4 Å². The minimum absolute atomic E-state index is 0.134. The van der Waals surface area contributed by atoms with Crippen molar-refractivity contribution in [3.8, 4) is 0 Å². The van der Waals surface area contributed by atoms with Gasteiger partial charge in [-0.1, -0.05) is 38.1 Å². The van der Waals surface area contributed by atoms with Gasteiger partial charge in [0, 0.05) is 18.4 Å². The second kappa shape index (κ2) is 6.94. The van der Waals surface area contributed by atoms with Crippen LogP contribution in [0.15, 0.2) is 24.3 Å². The molecule has 0 bridgehead atoms. The molecule has 0 unspecified atom stereocenters. The molecule has 0 radical (unpaired) electrons. The van der Waals surface area contributed by atoms with Gasteiger partial charge in [0.2, 0.25) is 5.91 Å². The second-order valence-corrected chi connectivity index (χ2v) is 4.87. The first-order valence-electron chi connectivity index (χ1n) is 6.42. The normalized spacial score (nSPS) is 10.6. The molecule has 1 aromatic carbocycles. The van der Waals surface area contributed by atoms with E-state index in [2.05, 4.69) is 13.8 Å². The van der Waals surface area contributed by atoms with Crippen molar-refractivity contribution in [2.75, 3.05) is 0 Å². The quantitative estimate of drug-likeness (QED) is 0.594. The molecule has 1 amide bonds. The molecule has 0 saturated carbocycles. The zero-order valence-corrected chi connectivity index (χ0v) is 11.1. The number of benzene rings is 1. The summed E-state index contributed by atoms with van der Waals surface area (Å²) in [6, 6.07) is 7.76. The fourth-order valence-corrected chi connectivity index (χ4v) is 1.78. The van der Waals surface area contributed by atoms with Crippen LogP contribution in [0.1, 0.15) is 61.4 Å². The summed E-state index contributed by atoms with van der Waals surface area (Å²) in [5.74, 6) is 0.309. The molecular weight excluding hydrogens is 226 g/mol. The first kappa shape index (κ1) is 14.4. The van der Waals surface area contributed by atoms with E-state index in [4.69, 9.17) is 5.73 Å². The Hall–Kier alpha value is -1.64. The van der Waals surface area contributed by atoms with Crippen LogP contribution < -0.4 is 5.73 Å². The highest BCUT2D eigenvalue weighted by molar-refractivity contribution is 5.96. The summed E-state index contributed by atoms with van der Waals surface area (Å²) < 4.78 is 0. The van der Waals surface area contributed by atoms with E-state index in [-0.39, 0.29) is 11.7 Å². The van der Waals surface area contributed by atoms with Gasteiger partial charge in [-0.2, -0.15) is 0 Å². The van der Waals surface area contributed by atoms with E-state index < -0.39 is 0 Å². The van der Waals surface area contributed by atoms with E-state index in [1.54, 1.807) is 0 Å². The predicted molar refractivity (Wildman–Crippen MR) is 72.5 cm³/mol. The Morgan fingerprint density at radius 2 is 1.61 bits per heavy atom. The van der Waals surface area contributed by atoms with Gasteiger partial charge in [-0.25, -0.2) is 0 Å². The highest BCUT2D eigenvalue weighted by Crippen LogP contribution is 2.16. The molecule has 0 fully saturated rings. The van der Waals surface area contributed by atoms with E-state index in [0.717, 1.165) is 5.56 Å². The predicted octanol–water partition coefficient (Wildman–Crippen LogP) is 3.04. The topological polar surface area (TPSA) is 60.2 Å². The minimum Gasteiger partial charge on any atom is -0.370 e. The first-order valence-corrected chi connectivity index (χ1v) is 6.42. The van der Waals surface area contributed by atoms with Crippen LogP contribution in [0.2, 0.25) is 0 Å². The Morgan fingerprint density at radius 3 is 2.11 bits per heavy atom. The lowest BCUT2D eigenvalue weighted by molar-refractivity contribution is -0.118. The highest BCUT2D eigenvalue weighted by Gasteiger charge is 2.07. The number of hydrogen-bond donors (Lipinski definition) is 1. The molecule has 0 heterocycles. The minimum atomic E-state index is -0.302. The fourth-order valence-electron chi connectivity index (χ4n) is 1.78. The zero-order chi connectivity index (χ0) is 13.5. The third kappa shape index (κ3) is 4.70. The molecule has 1 rings (SSSR count). The average molecular weight is 247 g/mol. The smallest absolute Gasteiger partial charge is 0.217 e. The lowest BCUT2D eigenvalue weighted by Crippen LogP contribution is -2.10. The van der Waals surface area contributed by atoms with E-state index in [9.17, 15) is 9.59 Å². The standard InChI is InChI=1S/C15H21NO2/c1-11(2)12-7-9-13(10-8-12)14(17)5-3-4-6-15(16)18/h7-11H,3-6H2,1-2H3,(H2,16,18). The van der Waals surface area contributed by atoms with E-state index >= 15 is 0 Å². The highest BCUT2D eigenvalue weighted by atomic mass is 16.1. The summed E-state index contributed by atoms with van der Waals surface area (Å²) >= 11 is 0. The fraction of sp³-hybridized carbons (Fsp3) is 0.467. The van der Waals surface area contributed by atoms with Crippen LogP contribution >= 0.6 is 0 Å². The number of hydrogen-bond acceptors (Lipinski definition) is 2. The molecule has 0 aliphatic rings. The molecule has 2 N–H and O–H groups in total. The van der Waals surface area contributed by atoms with Crippen LogP contribution in [0, 0.1) is 0 Å². The van der Waals surface area contributed by atoms with Crippen molar-refractivity contribution in [1.82, 2.24) is 0 Å². The lowest BCUT2D eigenvalue weighted by atomic mass is 9.99. The molecule has 3 heteroatoms. The molecule has 0 aliphatic heterocycles. The molecule has 0 atom stereocenters. The molecule has 0 spiro atoms. The number of carbonyl (C=O) groups excluding carboxylic acids is 2. The summed E-state index contributed by atoms with van der Waals surface area (Å²) in [6.45, 7) is 4.25. The van der Waals surface area contributed by atoms with E-state index in [1.807, 2.05) is 24.3 Å². The molecule has 98 valence electrons. The van der Waals surface area contributed by atoms with Crippen molar-refractivity contribution in [1.29, 1.82) is 0 Å². The summed E-state index contributed by atoms with van der Waals surface area (Å²) in [4.78, 5) is 22.4. The van der Waals surface area contributed by atoms with Crippen LogP contribution in [-0.2, 0) is 4.79 Å². The van der Waals surface area contributed by atoms with Crippen molar-refractivity contribution in [3.63, 3.8) is 0 Å².